The summed E-state index contributed by atoms with van der Waals surface area (Å²) >= 11 is 0. The van der Waals surface area contributed by atoms with E-state index in [4.69, 9.17) is 9.47 Å². The lowest BCUT2D eigenvalue weighted by Crippen LogP contribution is -2.25. The van der Waals surface area contributed by atoms with Gasteiger partial charge in [0.1, 0.15) is 11.6 Å². The Morgan fingerprint density at radius 1 is 1.37 bits per heavy atom. The molecule has 0 saturated carbocycles. The first kappa shape index (κ1) is 15.9. The van der Waals surface area contributed by atoms with Crippen LogP contribution in [0.15, 0.2) is 18.2 Å². The minimum atomic E-state index is -0.284. The summed E-state index contributed by atoms with van der Waals surface area (Å²) in [6.45, 7) is 6.51. The van der Waals surface area contributed by atoms with Crippen molar-refractivity contribution in [2.45, 2.75) is 38.8 Å². The standard InChI is InChI=1S/C15H24FNO2/c1-11(17-4)13-7-6-12(16)10-14(13)19-9-8-15(2,3)18-5/h6-7,10-11,17H,8-9H2,1-5H3. The third-order valence-corrected chi connectivity index (χ3v) is 3.39. The molecule has 3 nitrogen and oxygen atoms in total. The first-order chi connectivity index (χ1) is 8.89. The van der Waals surface area contributed by atoms with Gasteiger partial charge in [0.25, 0.3) is 0 Å². The van der Waals surface area contributed by atoms with Crippen molar-refractivity contribution in [3.8, 4) is 5.75 Å². The zero-order chi connectivity index (χ0) is 14.5. The average Bonchev–Trinajstić information content (AvgIpc) is 2.38. The van der Waals surface area contributed by atoms with Crippen LogP contribution in [0.2, 0.25) is 0 Å². The smallest absolute Gasteiger partial charge is 0.126 e. The molecule has 1 rings (SSSR count). The maximum atomic E-state index is 13.3. The number of halogens is 1. The molecule has 0 aliphatic rings. The van der Waals surface area contributed by atoms with Crippen LogP contribution in [0.1, 0.15) is 38.8 Å². The number of hydrogen-bond acceptors (Lipinski definition) is 3. The molecule has 0 fully saturated rings. The number of rotatable bonds is 7. The highest BCUT2D eigenvalue weighted by molar-refractivity contribution is 5.36. The maximum absolute atomic E-state index is 13.3. The zero-order valence-electron chi connectivity index (χ0n) is 12.4. The van der Waals surface area contributed by atoms with Gasteiger partial charge in [0.05, 0.1) is 12.2 Å². The van der Waals surface area contributed by atoms with Crippen molar-refractivity contribution in [1.29, 1.82) is 0 Å². The van der Waals surface area contributed by atoms with E-state index in [1.165, 1.54) is 12.1 Å². The second-order valence-corrected chi connectivity index (χ2v) is 5.25. The van der Waals surface area contributed by atoms with Crippen molar-refractivity contribution < 1.29 is 13.9 Å². The Morgan fingerprint density at radius 2 is 2.05 bits per heavy atom. The number of hydrogen-bond donors (Lipinski definition) is 1. The summed E-state index contributed by atoms with van der Waals surface area (Å²) in [7, 11) is 3.54. The van der Waals surface area contributed by atoms with Gasteiger partial charge in [-0.3, -0.25) is 0 Å². The lowest BCUT2D eigenvalue weighted by Gasteiger charge is -2.23. The van der Waals surface area contributed by atoms with E-state index in [1.54, 1.807) is 13.2 Å². The molecule has 0 aromatic heterocycles. The quantitative estimate of drug-likeness (QED) is 0.824. The van der Waals surface area contributed by atoms with E-state index in [1.807, 2.05) is 27.8 Å². The summed E-state index contributed by atoms with van der Waals surface area (Å²) < 4.78 is 24.4. The van der Waals surface area contributed by atoms with Crippen molar-refractivity contribution in [3.05, 3.63) is 29.6 Å². The highest BCUT2D eigenvalue weighted by Gasteiger charge is 2.17. The molecular formula is C15H24FNO2. The Hall–Kier alpha value is -1.13. The first-order valence-electron chi connectivity index (χ1n) is 6.54. The Kier molecular flexibility index (Phi) is 5.76. The molecule has 1 aromatic rings. The summed E-state index contributed by atoms with van der Waals surface area (Å²) in [6, 6.07) is 4.76. The van der Waals surface area contributed by atoms with E-state index < -0.39 is 0 Å². The van der Waals surface area contributed by atoms with Crippen molar-refractivity contribution in [3.63, 3.8) is 0 Å². The maximum Gasteiger partial charge on any atom is 0.126 e. The fraction of sp³-hybridized carbons (Fsp3) is 0.600. The van der Waals surface area contributed by atoms with Gasteiger partial charge >= 0.3 is 0 Å². The van der Waals surface area contributed by atoms with Crippen LogP contribution in [-0.4, -0.2) is 26.4 Å². The predicted octanol–water partition coefficient (Wildman–Crippen LogP) is 3.30. The van der Waals surface area contributed by atoms with Gasteiger partial charge in [-0.1, -0.05) is 6.07 Å². The van der Waals surface area contributed by atoms with Crippen LogP contribution in [0.5, 0.6) is 5.75 Å². The summed E-state index contributed by atoms with van der Waals surface area (Å²) in [5, 5.41) is 3.13. The molecule has 1 N–H and O–H groups in total. The molecule has 0 aliphatic carbocycles. The molecule has 1 atom stereocenters. The van der Waals surface area contributed by atoms with Gasteiger partial charge in [0.15, 0.2) is 0 Å². The van der Waals surface area contributed by atoms with E-state index >= 15 is 0 Å². The Labute approximate surface area is 115 Å². The third kappa shape index (κ3) is 4.80. The highest BCUT2D eigenvalue weighted by Crippen LogP contribution is 2.26. The van der Waals surface area contributed by atoms with Gasteiger partial charge < -0.3 is 14.8 Å². The van der Waals surface area contributed by atoms with E-state index in [0.29, 0.717) is 12.4 Å². The van der Waals surface area contributed by atoms with Crippen molar-refractivity contribution >= 4 is 0 Å². The molecule has 0 spiro atoms. The van der Waals surface area contributed by atoms with Gasteiger partial charge in [-0.2, -0.15) is 0 Å². The van der Waals surface area contributed by atoms with Gasteiger partial charge in [-0.05, 0) is 33.9 Å². The highest BCUT2D eigenvalue weighted by atomic mass is 19.1. The summed E-state index contributed by atoms with van der Waals surface area (Å²) in [6.07, 6.45) is 0.743. The lowest BCUT2D eigenvalue weighted by atomic mass is 10.1. The SMILES string of the molecule is CNC(C)c1ccc(F)cc1OCCC(C)(C)OC. The molecule has 0 bridgehead atoms. The first-order valence-corrected chi connectivity index (χ1v) is 6.54. The lowest BCUT2D eigenvalue weighted by molar-refractivity contribution is 0.00533. The molecule has 0 saturated heterocycles. The fourth-order valence-corrected chi connectivity index (χ4v) is 1.66. The molecular weight excluding hydrogens is 245 g/mol. The van der Waals surface area contributed by atoms with Crippen LogP contribution < -0.4 is 10.1 Å². The van der Waals surface area contributed by atoms with Crippen LogP contribution in [0.3, 0.4) is 0 Å². The summed E-state index contributed by atoms with van der Waals surface area (Å²) in [4.78, 5) is 0. The average molecular weight is 269 g/mol. The third-order valence-electron chi connectivity index (χ3n) is 3.39. The number of methoxy groups -OCH3 is 1. The Morgan fingerprint density at radius 3 is 2.63 bits per heavy atom. The normalized spacial score (nSPS) is 13.4. The zero-order valence-corrected chi connectivity index (χ0v) is 12.4. The van der Waals surface area contributed by atoms with E-state index in [-0.39, 0.29) is 17.5 Å². The molecule has 0 amide bonds. The Balaban J connectivity index is 2.74. The number of benzene rings is 1. The van der Waals surface area contributed by atoms with Crippen LogP contribution in [-0.2, 0) is 4.74 Å². The van der Waals surface area contributed by atoms with Gasteiger partial charge in [0, 0.05) is 31.2 Å². The molecule has 0 radical (unpaired) electrons. The van der Waals surface area contributed by atoms with Crippen LogP contribution in [0.25, 0.3) is 0 Å². The topological polar surface area (TPSA) is 30.5 Å². The van der Waals surface area contributed by atoms with Crippen LogP contribution in [0.4, 0.5) is 4.39 Å². The molecule has 0 aliphatic heterocycles. The molecule has 1 unspecified atom stereocenters. The summed E-state index contributed by atoms with van der Waals surface area (Å²) in [5.74, 6) is 0.307. The van der Waals surface area contributed by atoms with Gasteiger partial charge in [-0.25, -0.2) is 4.39 Å². The van der Waals surface area contributed by atoms with Crippen molar-refractivity contribution in [2.75, 3.05) is 20.8 Å². The van der Waals surface area contributed by atoms with E-state index in [0.717, 1.165) is 12.0 Å². The molecule has 4 heteroatoms. The van der Waals surface area contributed by atoms with Crippen molar-refractivity contribution in [2.24, 2.45) is 0 Å². The minimum Gasteiger partial charge on any atom is -0.493 e. The molecule has 1 aromatic carbocycles. The second kappa shape index (κ2) is 6.87. The van der Waals surface area contributed by atoms with Gasteiger partial charge in [-0.15, -0.1) is 0 Å². The fourth-order valence-electron chi connectivity index (χ4n) is 1.66. The van der Waals surface area contributed by atoms with E-state index in [2.05, 4.69) is 5.32 Å². The minimum absolute atomic E-state index is 0.117. The largest absolute Gasteiger partial charge is 0.493 e. The van der Waals surface area contributed by atoms with Crippen LogP contribution >= 0.6 is 0 Å². The van der Waals surface area contributed by atoms with Crippen molar-refractivity contribution in [1.82, 2.24) is 5.32 Å². The second-order valence-electron chi connectivity index (χ2n) is 5.25. The summed E-state index contributed by atoms with van der Waals surface area (Å²) in [5.41, 5.74) is 0.724. The monoisotopic (exact) mass is 269 g/mol. The van der Waals surface area contributed by atoms with Gasteiger partial charge in [0.2, 0.25) is 0 Å². The number of ether oxygens (including phenoxy) is 2. The molecule has 0 heterocycles. The molecule has 19 heavy (non-hydrogen) atoms. The Bertz CT molecular complexity index is 407. The van der Waals surface area contributed by atoms with E-state index in [9.17, 15) is 4.39 Å². The molecule has 108 valence electrons. The number of nitrogens with one attached hydrogen (secondary N) is 1. The van der Waals surface area contributed by atoms with Crippen LogP contribution in [0, 0.1) is 5.82 Å². The predicted molar refractivity (Wildman–Crippen MR) is 75.1 cm³/mol.